The zero-order valence-electron chi connectivity index (χ0n) is 12.9. The number of aromatic nitrogens is 5. The van der Waals surface area contributed by atoms with E-state index in [0.717, 1.165) is 22.7 Å². The number of hydrogen-bond acceptors (Lipinski definition) is 5. The Morgan fingerprint density at radius 1 is 0.917 bits per heavy atom. The number of tetrazole rings is 1. The Kier molecular flexibility index (Phi) is 4.12. The normalized spacial score (nSPS) is 10.8. The molecule has 6 heteroatoms. The van der Waals surface area contributed by atoms with E-state index in [0.29, 0.717) is 12.4 Å². The largest absolute Gasteiger partial charge is 0.244 e. The standard InChI is InChI=1S/C18H15N5S/c1-3-7-14(8-4-1)11-17-19-16(13-24-17)12-23-21-18(20-22-23)15-9-5-2-6-10-15/h1-10,13H,11-12H2. The van der Waals surface area contributed by atoms with Crippen molar-refractivity contribution < 1.29 is 0 Å². The molecule has 0 aliphatic rings. The fourth-order valence-corrected chi connectivity index (χ4v) is 3.25. The molecule has 0 radical (unpaired) electrons. The lowest BCUT2D eigenvalue weighted by atomic mass is 10.2. The van der Waals surface area contributed by atoms with Crippen LogP contribution < -0.4 is 0 Å². The van der Waals surface area contributed by atoms with Crippen LogP contribution in [0.4, 0.5) is 0 Å². The van der Waals surface area contributed by atoms with E-state index in [-0.39, 0.29) is 0 Å². The van der Waals surface area contributed by atoms with Crippen molar-refractivity contribution in [3.05, 3.63) is 82.3 Å². The Morgan fingerprint density at radius 3 is 2.46 bits per heavy atom. The molecule has 0 spiro atoms. The van der Waals surface area contributed by atoms with Crippen LogP contribution in [0.25, 0.3) is 11.4 Å². The van der Waals surface area contributed by atoms with Gasteiger partial charge in [-0.15, -0.1) is 21.5 Å². The van der Waals surface area contributed by atoms with Crippen molar-refractivity contribution >= 4 is 11.3 Å². The summed E-state index contributed by atoms with van der Waals surface area (Å²) in [5.74, 6) is 0.635. The maximum absolute atomic E-state index is 4.67. The molecule has 0 aliphatic heterocycles. The monoisotopic (exact) mass is 333 g/mol. The first-order chi connectivity index (χ1) is 11.9. The van der Waals surface area contributed by atoms with Gasteiger partial charge in [0, 0.05) is 17.4 Å². The molecule has 0 saturated heterocycles. The molecule has 2 heterocycles. The van der Waals surface area contributed by atoms with Gasteiger partial charge in [-0.3, -0.25) is 0 Å². The van der Waals surface area contributed by atoms with Gasteiger partial charge in [0.1, 0.15) is 6.54 Å². The molecule has 0 fully saturated rings. The highest BCUT2D eigenvalue weighted by atomic mass is 32.1. The highest BCUT2D eigenvalue weighted by Gasteiger charge is 2.08. The van der Waals surface area contributed by atoms with Crippen LogP contribution >= 0.6 is 11.3 Å². The lowest BCUT2D eigenvalue weighted by Crippen LogP contribution is -2.04. The Hall–Kier alpha value is -2.86. The smallest absolute Gasteiger partial charge is 0.204 e. The zero-order valence-corrected chi connectivity index (χ0v) is 13.7. The molecule has 0 atom stereocenters. The van der Waals surface area contributed by atoms with Gasteiger partial charge in [0.15, 0.2) is 0 Å². The Morgan fingerprint density at radius 2 is 1.67 bits per heavy atom. The third-order valence-electron chi connectivity index (χ3n) is 3.59. The van der Waals surface area contributed by atoms with E-state index in [1.165, 1.54) is 5.56 Å². The van der Waals surface area contributed by atoms with Crippen LogP contribution in [0.15, 0.2) is 66.0 Å². The predicted octanol–water partition coefficient (Wildman–Crippen LogP) is 3.44. The number of benzene rings is 2. The van der Waals surface area contributed by atoms with Crippen LogP contribution in [0.1, 0.15) is 16.3 Å². The number of thiazole rings is 1. The summed E-state index contributed by atoms with van der Waals surface area (Å²) in [6.45, 7) is 0.533. The maximum Gasteiger partial charge on any atom is 0.204 e. The van der Waals surface area contributed by atoms with E-state index in [1.54, 1.807) is 16.1 Å². The minimum Gasteiger partial charge on any atom is -0.244 e. The van der Waals surface area contributed by atoms with Gasteiger partial charge in [0.2, 0.25) is 5.82 Å². The van der Waals surface area contributed by atoms with Crippen LogP contribution in [0.3, 0.4) is 0 Å². The van der Waals surface area contributed by atoms with Crippen molar-refractivity contribution in [3.8, 4) is 11.4 Å². The summed E-state index contributed by atoms with van der Waals surface area (Å²) in [6.07, 6.45) is 0.853. The molecular formula is C18H15N5S. The van der Waals surface area contributed by atoms with Crippen LogP contribution in [-0.2, 0) is 13.0 Å². The summed E-state index contributed by atoms with van der Waals surface area (Å²) < 4.78 is 0. The number of rotatable bonds is 5. The molecule has 24 heavy (non-hydrogen) atoms. The van der Waals surface area contributed by atoms with E-state index < -0.39 is 0 Å². The second kappa shape index (κ2) is 6.72. The van der Waals surface area contributed by atoms with Crippen molar-refractivity contribution in [2.75, 3.05) is 0 Å². The first kappa shape index (κ1) is 14.7. The predicted molar refractivity (Wildman–Crippen MR) is 93.7 cm³/mol. The highest BCUT2D eigenvalue weighted by molar-refractivity contribution is 7.09. The number of hydrogen-bond donors (Lipinski definition) is 0. The summed E-state index contributed by atoms with van der Waals surface area (Å²) >= 11 is 1.67. The molecule has 2 aromatic carbocycles. The third kappa shape index (κ3) is 3.38. The summed E-state index contributed by atoms with van der Waals surface area (Å²) in [4.78, 5) is 6.26. The Bertz CT molecular complexity index is 915. The van der Waals surface area contributed by atoms with Gasteiger partial charge < -0.3 is 0 Å². The molecule has 0 unspecified atom stereocenters. The molecule has 4 aromatic rings. The minimum atomic E-state index is 0.533. The lowest BCUT2D eigenvalue weighted by Gasteiger charge is -1.97. The van der Waals surface area contributed by atoms with Gasteiger partial charge in [0.25, 0.3) is 0 Å². The lowest BCUT2D eigenvalue weighted by molar-refractivity contribution is 0.565. The molecule has 0 bridgehead atoms. The molecule has 0 amide bonds. The van der Waals surface area contributed by atoms with Crippen LogP contribution in [0.5, 0.6) is 0 Å². The van der Waals surface area contributed by atoms with Gasteiger partial charge in [-0.25, -0.2) is 4.98 Å². The van der Waals surface area contributed by atoms with Crippen molar-refractivity contribution in [2.24, 2.45) is 0 Å². The van der Waals surface area contributed by atoms with E-state index in [2.05, 4.69) is 37.9 Å². The third-order valence-corrected chi connectivity index (χ3v) is 4.48. The summed E-state index contributed by atoms with van der Waals surface area (Å²) in [6, 6.07) is 20.2. The van der Waals surface area contributed by atoms with E-state index in [1.807, 2.05) is 48.5 Å². The van der Waals surface area contributed by atoms with Crippen molar-refractivity contribution in [1.29, 1.82) is 0 Å². The second-order valence-electron chi connectivity index (χ2n) is 5.40. The Balaban J connectivity index is 1.46. The van der Waals surface area contributed by atoms with Gasteiger partial charge in [-0.1, -0.05) is 60.7 Å². The fraction of sp³-hybridized carbons (Fsp3) is 0.111. The molecule has 0 saturated carbocycles. The quantitative estimate of drug-likeness (QED) is 0.561. The molecule has 0 N–H and O–H groups in total. The van der Waals surface area contributed by atoms with Crippen LogP contribution in [0.2, 0.25) is 0 Å². The summed E-state index contributed by atoms with van der Waals surface area (Å²) in [5, 5.41) is 15.8. The molecular weight excluding hydrogens is 318 g/mol. The molecule has 0 aliphatic carbocycles. The van der Waals surface area contributed by atoms with E-state index in [9.17, 15) is 0 Å². The van der Waals surface area contributed by atoms with Crippen molar-refractivity contribution in [1.82, 2.24) is 25.2 Å². The van der Waals surface area contributed by atoms with Crippen molar-refractivity contribution in [2.45, 2.75) is 13.0 Å². The fourth-order valence-electron chi connectivity index (χ4n) is 2.43. The van der Waals surface area contributed by atoms with Crippen LogP contribution in [0, 0.1) is 0 Å². The first-order valence-electron chi connectivity index (χ1n) is 7.67. The molecule has 5 nitrogen and oxygen atoms in total. The highest BCUT2D eigenvalue weighted by Crippen LogP contribution is 2.16. The van der Waals surface area contributed by atoms with Gasteiger partial charge in [-0.2, -0.15) is 4.80 Å². The number of nitrogens with zero attached hydrogens (tertiary/aromatic N) is 5. The van der Waals surface area contributed by atoms with E-state index in [4.69, 9.17) is 0 Å². The second-order valence-corrected chi connectivity index (χ2v) is 6.35. The Labute approximate surface area is 143 Å². The van der Waals surface area contributed by atoms with Gasteiger partial charge >= 0.3 is 0 Å². The molecule has 2 aromatic heterocycles. The van der Waals surface area contributed by atoms with Gasteiger partial charge in [-0.05, 0) is 10.8 Å². The molecule has 4 rings (SSSR count). The minimum absolute atomic E-state index is 0.533. The van der Waals surface area contributed by atoms with Gasteiger partial charge in [0.05, 0.1) is 10.7 Å². The van der Waals surface area contributed by atoms with Crippen molar-refractivity contribution in [3.63, 3.8) is 0 Å². The SMILES string of the molecule is c1ccc(Cc2nc(Cn3nnc(-c4ccccc4)n3)cs2)cc1. The zero-order chi connectivity index (χ0) is 16.2. The topological polar surface area (TPSA) is 56.5 Å². The van der Waals surface area contributed by atoms with E-state index >= 15 is 0 Å². The average Bonchev–Trinajstić information content (AvgIpc) is 3.27. The average molecular weight is 333 g/mol. The first-order valence-corrected chi connectivity index (χ1v) is 8.55. The maximum atomic E-state index is 4.67. The van der Waals surface area contributed by atoms with Crippen LogP contribution in [-0.4, -0.2) is 25.2 Å². The summed E-state index contributed by atoms with van der Waals surface area (Å²) in [5.41, 5.74) is 3.19. The summed E-state index contributed by atoms with van der Waals surface area (Å²) in [7, 11) is 0. The molecule has 118 valence electrons.